The Morgan fingerprint density at radius 3 is 2.75 bits per heavy atom. The van der Waals surface area contributed by atoms with E-state index in [-0.39, 0.29) is 0 Å². The number of aromatic nitrogens is 2. The Labute approximate surface area is 101 Å². The number of carbonyl (C=O) groups excluding carboxylic acids is 1. The first kappa shape index (κ1) is 10.9. The van der Waals surface area contributed by atoms with Gasteiger partial charge in [-0.15, -0.1) is 0 Å². The molecule has 0 aliphatic carbocycles. The molecule has 5 heteroatoms. The summed E-state index contributed by atoms with van der Waals surface area (Å²) in [6.07, 6.45) is 1.80. The van der Waals surface area contributed by atoms with Gasteiger partial charge in [0.1, 0.15) is 0 Å². The fourth-order valence-electron chi connectivity index (χ4n) is 1.50. The lowest BCUT2D eigenvalue weighted by molar-refractivity contribution is 0.0999. The Balaban J connectivity index is 2.65. The zero-order chi connectivity index (χ0) is 11.7. The first-order valence-corrected chi connectivity index (χ1v) is 5.50. The van der Waals surface area contributed by atoms with Gasteiger partial charge < -0.3 is 5.73 Å². The number of nitrogens with zero attached hydrogens (tertiary/aromatic N) is 2. The largest absolute Gasteiger partial charge is 0.365 e. The third kappa shape index (κ3) is 1.86. The maximum Gasteiger partial charge on any atom is 0.252 e. The quantitative estimate of drug-likeness (QED) is 0.915. The number of aryl methyl sites for hydroxylation is 1. The highest BCUT2D eigenvalue weighted by Gasteiger charge is 2.13. The molecule has 0 fully saturated rings. The lowest BCUT2D eigenvalue weighted by Gasteiger charge is -2.08. The summed E-state index contributed by atoms with van der Waals surface area (Å²) in [5.74, 6) is -0.476. The molecule has 82 valence electrons. The number of hydrogen-bond donors (Lipinski definition) is 1. The third-order valence-corrected chi connectivity index (χ3v) is 2.87. The first-order valence-electron chi connectivity index (χ1n) is 4.70. The van der Waals surface area contributed by atoms with Crippen molar-refractivity contribution in [3.63, 3.8) is 0 Å². The number of halogens is 1. The van der Waals surface area contributed by atoms with Crippen molar-refractivity contribution in [1.82, 2.24) is 9.78 Å². The lowest BCUT2D eigenvalue weighted by Crippen LogP contribution is -2.15. The van der Waals surface area contributed by atoms with Gasteiger partial charge in [-0.2, -0.15) is 5.10 Å². The van der Waals surface area contributed by atoms with Gasteiger partial charge in [0.15, 0.2) is 0 Å². The van der Waals surface area contributed by atoms with E-state index in [0.29, 0.717) is 15.7 Å². The van der Waals surface area contributed by atoms with Crippen LogP contribution in [0, 0.1) is 6.92 Å². The van der Waals surface area contributed by atoms with Gasteiger partial charge in [0.2, 0.25) is 0 Å². The first-order chi connectivity index (χ1) is 7.59. The number of carbonyl (C=O) groups is 1. The minimum absolute atomic E-state index is 0.436. The van der Waals surface area contributed by atoms with Crippen molar-refractivity contribution in [2.45, 2.75) is 6.92 Å². The molecule has 1 aromatic carbocycles. The van der Waals surface area contributed by atoms with Crippen molar-refractivity contribution in [3.8, 4) is 5.69 Å². The molecule has 0 aliphatic heterocycles. The standard InChI is InChI=1S/C11H10BrN3O/c1-7-5-6-15(14-7)9-4-2-3-8(12)10(9)11(13)16/h2-6H,1H3,(H2,13,16). The molecular weight excluding hydrogens is 270 g/mol. The van der Waals surface area contributed by atoms with Gasteiger partial charge in [-0.25, -0.2) is 4.68 Å². The number of primary amides is 1. The maximum absolute atomic E-state index is 11.4. The van der Waals surface area contributed by atoms with Crippen LogP contribution in [0.2, 0.25) is 0 Å². The Morgan fingerprint density at radius 2 is 2.19 bits per heavy atom. The molecule has 1 aromatic heterocycles. The number of nitrogens with two attached hydrogens (primary N) is 1. The summed E-state index contributed by atoms with van der Waals surface area (Å²) in [5, 5.41) is 4.25. The SMILES string of the molecule is Cc1ccn(-c2cccc(Br)c2C(N)=O)n1. The van der Waals surface area contributed by atoms with E-state index < -0.39 is 5.91 Å². The van der Waals surface area contributed by atoms with Crippen LogP contribution in [0.1, 0.15) is 16.1 Å². The van der Waals surface area contributed by atoms with Gasteiger partial charge in [-0.3, -0.25) is 4.79 Å². The van der Waals surface area contributed by atoms with Crippen molar-refractivity contribution in [3.05, 3.63) is 46.2 Å². The molecule has 0 saturated heterocycles. The molecule has 0 bridgehead atoms. The smallest absolute Gasteiger partial charge is 0.252 e. The number of rotatable bonds is 2. The molecule has 2 rings (SSSR count). The Hall–Kier alpha value is -1.62. The van der Waals surface area contributed by atoms with Crippen LogP contribution < -0.4 is 5.73 Å². The van der Waals surface area contributed by atoms with Crippen molar-refractivity contribution < 1.29 is 4.79 Å². The summed E-state index contributed by atoms with van der Waals surface area (Å²) in [5.41, 5.74) is 7.35. The van der Waals surface area contributed by atoms with Crippen LogP contribution in [0.4, 0.5) is 0 Å². The van der Waals surface area contributed by atoms with Crippen LogP contribution in [-0.2, 0) is 0 Å². The normalized spacial score (nSPS) is 10.4. The molecule has 0 aliphatic rings. The predicted molar refractivity (Wildman–Crippen MR) is 64.5 cm³/mol. The average molecular weight is 280 g/mol. The second kappa shape index (κ2) is 4.09. The zero-order valence-corrected chi connectivity index (χ0v) is 10.2. The van der Waals surface area contributed by atoms with Crippen molar-refractivity contribution in [2.24, 2.45) is 5.73 Å². The lowest BCUT2D eigenvalue weighted by atomic mass is 10.1. The van der Waals surface area contributed by atoms with Crippen LogP contribution in [-0.4, -0.2) is 15.7 Å². The van der Waals surface area contributed by atoms with E-state index in [1.54, 1.807) is 23.0 Å². The highest BCUT2D eigenvalue weighted by molar-refractivity contribution is 9.10. The molecule has 2 N–H and O–H groups in total. The van der Waals surface area contributed by atoms with Gasteiger partial charge in [-0.05, 0) is 41.1 Å². The fourth-order valence-corrected chi connectivity index (χ4v) is 2.05. The van der Waals surface area contributed by atoms with Crippen LogP contribution in [0.25, 0.3) is 5.69 Å². The molecule has 0 saturated carbocycles. The molecule has 1 heterocycles. The van der Waals surface area contributed by atoms with Gasteiger partial charge in [0, 0.05) is 10.7 Å². The highest BCUT2D eigenvalue weighted by atomic mass is 79.9. The molecule has 0 unspecified atom stereocenters. The molecular formula is C11H10BrN3O. The molecule has 4 nitrogen and oxygen atoms in total. The minimum Gasteiger partial charge on any atom is -0.365 e. The Morgan fingerprint density at radius 1 is 1.44 bits per heavy atom. The van der Waals surface area contributed by atoms with Crippen molar-refractivity contribution in [1.29, 1.82) is 0 Å². The monoisotopic (exact) mass is 279 g/mol. The van der Waals surface area contributed by atoms with Crippen LogP contribution in [0.15, 0.2) is 34.9 Å². The van der Waals surface area contributed by atoms with E-state index >= 15 is 0 Å². The summed E-state index contributed by atoms with van der Waals surface area (Å²) in [6.45, 7) is 1.89. The minimum atomic E-state index is -0.476. The zero-order valence-electron chi connectivity index (χ0n) is 8.64. The summed E-state index contributed by atoms with van der Waals surface area (Å²) in [4.78, 5) is 11.4. The van der Waals surface area contributed by atoms with E-state index in [1.807, 2.05) is 19.1 Å². The molecule has 0 radical (unpaired) electrons. The fraction of sp³-hybridized carbons (Fsp3) is 0.0909. The average Bonchev–Trinajstić information content (AvgIpc) is 2.63. The number of hydrogen-bond acceptors (Lipinski definition) is 2. The van der Waals surface area contributed by atoms with Crippen LogP contribution >= 0.6 is 15.9 Å². The van der Waals surface area contributed by atoms with Gasteiger partial charge >= 0.3 is 0 Å². The van der Waals surface area contributed by atoms with E-state index in [2.05, 4.69) is 21.0 Å². The summed E-state index contributed by atoms with van der Waals surface area (Å²) in [6, 6.07) is 7.28. The molecule has 2 aromatic rings. The Kier molecular flexibility index (Phi) is 2.78. The van der Waals surface area contributed by atoms with E-state index in [0.717, 1.165) is 5.69 Å². The van der Waals surface area contributed by atoms with Gasteiger partial charge in [0.25, 0.3) is 5.91 Å². The summed E-state index contributed by atoms with van der Waals surface area (Å²) >= 11 is 3.31. The third-order valence-electron chi connectivity index (χ3n) is 2.21. The van der Waals surface area contributed by atoms with Gasteiger partial charge in [0.05, 0.1) is 16.9 Å². The van der Waals surface area contributed by atoms with E-state index in [4.69, 9.17) is 5.73 Å². The number of amides is 1. The molecule has 1 amide bonds. The summed E-state index contributed by atoms with van der Waals surface area (Å²) < 4.78 is 2.31. The van der Waals surface area contributed by atoms with Crippen LogP contribution in [0.5, 0.6) is 0 Å². The van der Waals surface area contributed by atoms with E-state index in [9.17, 15) is 4.79 Å². The maximum atomic E-state index is 11.4. The predicted octanol–water partition coefficient (Wildman–Crippen LogP) is 2.04. The number of benzene rings is 1. The van der Waals surface area contributed by atoms with Crippen molar-refractivity contribution in [2.75, 3.05) is 0 Å². The molecule has 0 atom stereocenters. The molecule has 16 heavy (non-hydrogen) atoms. The highest BCUT2D eigenvalue weighted by Crippen LogP contribution is 2.22. The Bertz CT molecular complexity index is 548. The van der Waals surface area contributed by atoms with E-state index in [1.165, 1.54) is 0 Å². The van der Waals surface area contributed by atoms with Crippen LogP contribution in [0.3, 0.4) is 0 Å². The molecule has 0 spiro atoms. The topological polar surface area (TPSA) is 60.9 Å². The van der Waals surface area contributed by atoms with Crippen molar-refractivity contribution >= 4 is 21.8 Å². The van der Waals surface area contributed by atoms with Gasteiger partial charge in [-0.1, -0.05) is 6.07 Å². The summed E-state index contributed by atoms with van der Waals surface area (Å²) in [7, 11) is 0. The second-order valence-electron chi connectivity index (χ2n) is 3.40. The second-order valence-corrected chi connectivity index (χ2v) is 4.25.